The molecule has 0 saturated carbocycles. The van der Waals surface area contributed by atoms with Crippen molar-refractivity contribution in [3.8, 4) is 17.1 Å². The van der Waals surface area contributed by atoms with Crippen LogP contribution >= 0.6 is 23.4 Å². The summed E-state index contributed by atoms with van der Waals surface area (Å²) in [7, 11) is 1.60. The van der Waals surface area contributed by atoms with Crippen molar-refractivity contribution in [2.45, 2.75) is 23.9 Å². The lowest BCUT2D eigenvalue weighted by molar-refractivity contribution is 0.0994. The molecule has 5 nitrogen and oxygen atoms in total. The summed E-state index contributed by atoms with van der Waals surface area (Å²) in [5.41, 5.74) is 1.54. The van der Waals surface area contributed by atoms with Crippen molar-refractivity contribution in [3.63, 3.8) is 0 Å². The third-order valence-electron chi connectivity index (χ3n) is 4.16. The molecule has 1 heterocycles. The molecule has 7 heteroatoms. The van der Waals surface area contributed by atoms with Crippen molar-refractivity contribution in [2.24, 2.45) is 0 Å². The van der Waals surface area contributed by atoms with Gasteiger partial charge in [-0.25, -0.2) is 0 Å². The average molecular weight is 414 g/mol. The van der Waals surface area contributed by atoms with E-state index in [0.717, 1.165) is 11.3 Å². The number of halogens is 1. The fraction of sp³-hybridized carbons (Fsp3) is 0.190. The van der Waals surface area contributed by atoms with Crippen molar-refractivity contribution < 1.29 is 9.53 Å². The van der Waals surface area contributed by atoms with Crippen LogP contribution in [0.4, 0.5) is 0 Å². The number of thioether (sulfide) groups is 1. The van der Waals surface area contributed by atoms with Crippen LogP contribution in [0, 0.1) is 0 Å². The van der Waals surface area contributed by atoms with Gasteiger partial charge in [0.1, 0.15) is 5.75 Å². The van der Waals surface area contributed by atoms with Gasteiger partial charge >= 0.3 is 0 Å². The van der Waals surface area contributed by atoms with Crippen LogP contribution in [-0.2, 0) is 6.54 Å². The predicted molar refractivity (Wildman–Crippen MR) is 113 cm³/mol. The molecule has 0 radical (unpaired) electrons. The summed E-state index contributed by atoms with van der Waals surface area (Å²) in [6, 6.07) is 14.5. The van der Waals surface area contributed by atoms with E-state index in [-0.39, 0.29) is 11.0 Å². The van der Waals surface area contributed by atoms with Crippen molar-refractivity contribution in [3.05, 3.63) is 71.8 Å². The minimum absolute atomic E-state index is 0.0221. The molecule has 0 bridgehead atoms. The molecule has 0 unspecified atom stereocenters. The van der Waals surface area contributed by atoms with Crippen LogP contribution in [0.15, 0.2) is 66.3 Å². The zero-order chi connectivity index (χ0) is 20.1. The number of carbonyl (C=O) groups excluding carboxylic acids is 1. The van der Waals surface area contributed by atoms with E-state index in [1.54, 1.807) is 37.5 Å². The normalized spacial score (nSPS) is 11.8. The predicted octanol–water partition coefficient (Wildman–Crippen LogP) is 5.16. The first kappa shape index (κ1) is 20.2. The number of rotatable bonds is 8. The SMILES string of the molecule is C=CCn1c(S[C@@H](C)C(=O)c2ccc(OC)cc2)nnc1-c1ccc(Cl)cc1. The molecule has 3 aromatic rings. The summed E-state index contributed by atoms with van der Waals surface area (Å²) in [6.07, 6.45) is 1.78. The van der Waals surface area contributed by atoms with Crippen LogP contribution in [0.1, 0.15) is 17.3 Å². The molecule has 0 spiro atoms. The van der Waals surface area contributed by atoms with Gasteiger partial charge in [-0.2, -0.15) is 0 Å². The van der Waals surface area contributed by atoms with Gasteiger partial charge < -0.3 is 4.74 Å². The highest BCUT2D eigenvalue weighted by Gasteiger charge is 2.21. The molecule has 0 fully saturated rings. The van der Waals surface area contributed by atoms with Crippen molar-refractivity contribution in [1.82, 2.24) is 14.8 Å². The second-order valence-electron chi connectivity index (χ2n) is 6.07. The van der Waals surface area contributed by atoms with Gasteiger partial charge in [0.05, 0.1) is 12.4 Å². The fourth-order valence-corrected chi connectivity index (χ4v) is 3.75. The summed E-state index contributed by atoms with van der Waals surface area (Å²) in [5.74, 6) is 1.45. The summed E-state index contributed by atoms with van der Waals surface area (Å²) in [6.45, 7) is 6.22. The van der Waals surface area contributed by atoms with E-state index < -0.39 is 0 Å². The lowest BCUT2D eigenvalue weighted by Gasteiger charge is -2.12. The molecule has 0 amide bonds. The summed E-state index contributed by atoms with van der Waals surface area (Å²) < 4.78 is 7.09. The molecule has 0 saturated heterocycles. The van der Waals surface area contributed by atoms with Gasteiger partial charge in [0.25, 0.3) is 0 Å². The molecule has 0 aliphatic heterocycles. The number of carbonyl (C=O) groups is 1. The van der Waals surface area contributed by atoms with Gasteiger partial charge in [-0.3, -0.25) is 9.36 Å². The number of hydrogen-bond acceptors (Lipinski definition) is 5. The van der Waals surface area contributed by atoms with Gasteiger partial charge in [0.15, 0.2) is 16.8 Å². The molecular formula is C21H20ClN3O2S. The third kappa shape index (κ3) is 4.46. The lowest BCUT2D eigenvalue weighted by atomic mass is 10.1. The zero-order valence-corrected chi connectivity index (χ0v) is 17.2. The van der Waals surface area contributed by atoms with Gasteiger partial charge in [0.2, 0.25) is 0 Å². The topological polar surface area (TPSA) is 57.0 Å². The number of aromatic nitrogens is 3. The van der Waals surface area contributed by atoms with Gasteiger partial charge in [-0.1, -0.05) is 29.4 Å². The van der Waals surface area contributed by atoms with E-state index in [0.29, 0.717) is 28.1 Å². The first-order valence-electron chi connectivity index (χ1n) is 8.68. The second-order valence-corrected chi connectivity index (χ2v) is 7.81. The van der Waals surface area contributed by atoms with Crippen LogP contribution in [0.3, 0.4) is 0 Å². The molecule has 144 valence electrons. The maximum absolute atomic E-state index is 12.8. The highest BCUT2D eigenvalue weighted by atomic mass is 35.5. The molecule has 2 aromatic carbocycles. The zero-order valence-electron chi connectivity index (χ0n) is 15.6. The Hall–Kier alpha value is -2.57. The Balaban J connectivity index is 1.83. The number of ether oxygens (including phenoxy) is 1. The Morgan fingerprint density at radius 3 is 2.50 bits per heavy atom. The largest absolute Gasteiger partial charge is 0.497 e. The molecule has 0 N–H and O–H groups in total. The standard InChI is InChI=1S/C21H20ClN3O2S/c1-4-13-25-20(16-5-9-17(22)10-6-16)23-24-21(25)28-14(2)19(26)15-7-11-18(27-3)12-8-15/h4-12,14H,1,13H2,2-3H3/t14-/m0/s1. The summed E-state index contributed by atoms with van der Waals surface area (Å²) in [5, 5.41) is 9.62. The first-order chi connectivity index (χ1) is 13.5. The van der Waals surface area contributed by atoms with Crippen molar-refractivity contribution in [2.75, 3.05) is 7.11 Å². The van der Waals surface area contributed by atoms with Gasteiger partial charge in [0, 0.05) is 22.7 Å². The molecule has 3 rings (SSSR count). The van der Waals surface area contributed by atoms with Crippen molar-refractivity contribution in [1.29, 1.82) is 0 Å². The number of benzene rings is 2. The average Bonchev–Trinajstić information content (AvgIpc) is 3.10. The van der Waals surface area contributed by atoms with E-state index in [2.05, 4.69) is 16.8 Å². The Kier molecular flexibility index (Phi) is 6.54. The Bertz CT molecular complexity index is 968. The fourth-order valence-electron chi connectivity index (χ4n) is 2.68. The second kappa shape index (κ2) is 9.08. The minimum atomic E-state index is -0.320. The van der Waals surface area contributed by atoms with Crippen LogP contribution in [0.5, 0.6) is 5.75 Å². The Morgan fingerprint density at radius 1 is 1.21 bits per heavy atom. The van der Waals surface area contributed by atoms with Crippen LogP contribution in [0.25, 0.3) is 11.4 Å². The molecule has 1 atom stereocenters. The van der Waals surface area contributed by atoms with Gasteiger partial charge in [-0.05, 0) is 55.5 Å². The number of allylic oxidation sites excluding steroid dienone is 1. The van der Waals surface area contributed by atoms with Crippen molar-refractivity contribution >= 4 is 29.1 Å². The van der Waals surface area contributed by atoms with E-state index in [9.17, 15) is 4.79 Å². The summed E-state index contributed by atoms with van der Waals surface area (Å²) >= 11 is 7.35. The van der Waals surface area contributed by atoms with E-state index in [4.69, 9.17) is 16.3 Å². The smallest absolute Gasteiger partial charge is 0.192 e. The highest BCUT2D eigenvalue weighted by molar-refractivity contribution is 8.00. The molecule has 0 aliphatic rings. The monoisotopic (exact) mass is 413 g/mol. The van der Waals surface area contributed by atoms with Gasteiger partial charge in [-0.15, -0.1) is 16.8 Å². The maximum atomic E-state index is 12.8. The Labute approximate surface area is 173 Å². The number of ketones is 1. The summed E-state index contributed by atoms with van der Waals surface area (Å²) in [4.78, 5) is 12.8. The van der Waals surface area contributed by atoms with Crippen LogP contribution < -0.4 is 4.74 Å². The van der Waals surface area contributed by atoms with Crippen LogP contribution in [-0.4, -0.2) is 32.9 Å². The maximum Gasteiger partial charge on any atom is 0.192 e. The number of methoxy groups -OCH3 is 1. The Morgan fingerprint density at radius 2 is 1.89 bits per heavy atom. The molecule has 1 aromatic heterocycles. The number of Topliss-reactive ketones (excluding diaryl/α,β-unsaturated/α-hetero) is 1. The third-order valence-corrected chi connectivity index (χ3v) is 5.49. The van der Waals surface area contributed by atoms with E-state index in [1.807, 2.05) is 35.8 Å². The quantitative estimate of drug-likeness (QED) is 0.290. The highest BCUT2D eigenvalue weighted by Crippen LogP contribution is 2.29. The van der Waals surface area contributed by atoms with Crippen LogP contribution in [0.2, 0.25) is 5.02 Å². The van der Waals surface area contributed by atoms with E-state index in [1.165, 1.54) is 11.8 Å². The first-order valence-corrected chi connectivity index (χ1v) is 9.94. The lowest BCUT2D eigenvalue weighted by Crippen LogP contribution is -2.14. The minimum Gasteiger partial charge on any atom is -0.497 e. The molecule has 0 aliphatic carbocycles. The number of nitrogens with zero attached hydrogens (tertiary/aromatic N) is 3. The van der Waals surface area contributed by atoms with E-state index >= 15 is 0 Å². The molecular weight excluding hydrogens is 394 g/mol. The molecule has 28 heavy (non-hydrogen) atoms. The number of hydrogen-bond donors (Lipinski definition) is 0.